The van der Waals surface area contributed by atoms with Crippen LogP contribution in [0.1, 0.15) is 5.69 Å². The lowest BCUT2D eigenvalue weighted by Gasteiger charge is -2.11. The molecule has 0 amide bonds. The van der Waals surface area contributed by atoms with Crippen molar-refractivity contribution in [2.75, 3.05) is 4.72 Å². The lowest BCUT2D eigenvalue weighted by atomic mass is 10.3. The highest BCUT2D eigenvalue weighted by molar-refractivity contribution is 9.10. The van der Waals surface area contributed by atoms with Gasteiger partial charge in [0.2, 0.25) is 0 Å². The van der Waals surface area contributed by atoms with Gasteiger partial charge in [0.05, 0.1) is 16.3 Å². The van der Waals surface area contributed by atoms with Gasteiger partial charge < -0.3 is 4.74 Å². The van der Waals surface area contributed by atoms with Crippen molar-refractivity contribution in [2.45, 2.75) is 11.5 Å². The SMILES string of the molecule is O=S(=O)(Nc1cccc(OCc2ccccn2)c1)c1cccc(Br)c1. The number of aromatic nitrogens is 1. The molecule has 1 aromatic heterocycles. The van der Waals surface area contributed by atoms with Gasteiger partial charge in [0.15, 0.2) is 0 Å². The summed E-state index contributed by atoms with van der Waals surface area (Å²) < 4.78 is 33.8. The molecule has 0 saturated heterocycles. The Kier molecular flexibility index (Phi) is 5.35. The van der Waals surface area contributed by atoms with Crippen molar-refractivity contribution in [1.29, 1.82) is 0 Å². The smallest absolute Gasteiger partial charge is 0.261 e. The van der Waals surface area contributed by atoms with E-state index in [1.54, 1.807) is 48.7 Å². The summed E-state index contributed by atoms with van der Waals surface area (Å²) in [5.74, 6) is 0.556. The molecule has 1 N–H and O–H groups in total. The quantitative estimate of drug-likeness (QED) is 0.650. The molecule has 3 rings (SSSR count). The van der Waals surface area contributed by atoms with Crippen molar-refractivity contribution < 1.29 is 13.2 Å². The van der Waals surface area contributed by atoms with Gasteiger partial charge in [-0.3, -0.25) is 9.71 Å². The summed E-state index contributed by atoms with van der Waals surface area (Å²) in [5.41, 5.74) is 1.22. The number of rotatable bonds is 6. The Hall–Kier alpha value is -2.38. The van der Waals surface area contributed by atoms with Crippen LogP contribution >= 0.6 is 15.9 Å². The van der Waals surface area contributed by atoms with E-state index in [2.05, 4.69) is 25.6 Å². The lowest BCUT2D eigenvalue weighted by molar-refractivity contribution is 0.301. The fourth-order valence-corrected chi connectivity index (χ4v) is 3.78. The van der Waals surface area contributed by atoms with Gasteiger partial charge in [-0.15, -0.1) is 0 Å². The summed E-state index contributed by atoms with van der Waals surface area (Å²) in [6, 6.07) is 18.9. The second-order valence-corrected chi connectivity index (χ2v) is 7.80. The topological polar surface area (TPSA) is 68.3 Å². The summed E-state index contributed by atoms with van der Waals surface area (Å²) >= 11 is 3.28. The fourth-order valence-electron chi connectivity index (χ4n) is 2.14. The summed E-state index contributed by atoms with van der Waals surface area (Å²) in [6.07, 6.45) is 1.70. The lowest BCUT2D eigenvalue weighted by Crippen LogP contribution is -2.13. The molecule has 0 bridgehead atoms. The van der Waals surface area contributed by atoms with Crippen molar-refractivity contribution >= 4 is 31.6 Å². The van der Waals surface area contributed by atoms with E-state index in [9.17, 15) is 8.42 Å². The number of nitrogens with one attached hydrogen (secondary N) is 1. The first kappa shape index (κ1) is 17.4. The van der Waals surface area contributed by atoms with E-state index < -0.39 is 10.0 Å². The highest BCUT2D eigenvalue weighted by Crippen LogP contribution is 2.23. The third kappa shape index (κ3) is 4.80. The standard InChI is InChI=1S/C18H15BrN2O3S/c19-14-5-3-9-18(11-14)25(22,23)21-15-7-4-8-17(12-15)24-13-16-6-1-2-10-20-16/h1-12,21H,13H2. The second-order valence-electron chi connectivity index (χ2n) is 5.20. The average molecular weight is 419 g/mol. The number of ether oxygens (including phenoxy) is 1. The second kappa shape index (κ2) is 7.67. The molecule has 128 valence electrons. The van der Waals surface area contributed by atoms with Crippen LogP contribution in [-0.2, 0) is 16.6 Å². The van der Waals surface area contributed by atoms with Crippen LogP contribution in [0.4, 0.5) is 5.69 Å². The molecule has 0 atom stereocenters. The highest BCUT2D eigenvalue weighted by atomic mass is 79.9. The maximum atomic E-state index is 12.5. The van der Waals surface area contributed by atoms with E-state index in [1.807, 2.05) is 18.2 Å². The zero-order chi connectivity index (χ0) is 17.7. The number of anilines is 1. The molecule has 7 heteroatoms. The van der Waals surface area contributed by atoms with E-state index in [0.717, 1.165) is 5.69 Å². The van der Waals surface area contributed by atoms with Crippen LogP contribution in [0.25, 0.3) is 0 Å². The van der Waals surface area contributed by atoms with Gasteiger partial charge in [-0.2, -0.15) is 0 Å². The van der Waals surface area contributed by atoms with E-state index in [0.29, 0.717) is 22.5 Å². The monoisotopic (exact) mass is 418 g/mol. The Bertz CT molecular complexity index is 963. The zero-order valence-electron chi connectivity index (χ0n) is 13.1. The Labute approximate surface area is 154 Å². The summed E-state index contributed by atoms with van der Waals surface area (Å²) in [6.45, 7) is 0.308. The van der Waals surface area contributed by atoms with E-state index in [4.69, 9.17) is 4.74 Å². The minimum Gasteiger partial charge on any atom is -0.487 e. The van der Waals surface area contributed by atoms with Gasteiger partial charge in [0.25, 0.3) is 10.0 Å². The molecule has 2 aromatic carbocycles. The first-order chi connectivity index (χ1) is 12.0. The maximum Gasteiger partial charge on any atom is 0.261 e. The van der Waals surface area contributed by atoms with Crippen molar-refractivity contribution in [3.8, 4) is 5.75 Å². The van der Waals surface area contributed by atoms with Crippen LogP contribution in [0.3, 0.4) is 0 Å². The first-order valence-corrected chi connectivity index (χ1v) is 9.72. The molecular weight excluding hydrogens is 404 g/mol. The molecule has 0 fully saturated rings. The predicted molar refractivity (Wildman–Crippen MR) is 100.0 cm³/mol. The molecule has 0 unspecified atom stereocenters. The molecule has 5 nitrogen and oxygen atoms in total. The van der Waals surface area contributed by atoms with Gasteiger partial charge >= 0.3 is 0 Å². The minimum absolute atomic E-state index is 0.182. The van der Waals surface area contributed by atoms with Crippen LogP contribution in [0.2, 0.25) is 0 Å². The van der Waals surface area contributed by atoms with Gasteiger partial charge in [0, 0.05) is 16.7 Å². The van der Waals surface area contributed by atoms with Crippen LogP contribution in [0.5, 0.6) is 5.75 Å². The third-order valence-electron chi connectivity index (χ3n) is 3.31. The molecule has 0 aliphatic carbocycles. The molecule has 0 radical (unpaired) electrons. The van der Waals surface area contributed by atoms with Crippen LogP contribution in [0, 0.1) is 0 Å². The summed E-state index contributed by atoms with van der Waals surface area (Å²) in [7, 11) is -3.67. The molecule has 0 saturated carbocycles. The Balaban J connectivity index is 1.73. The number of hydrogen-bond donors (Lipinski definition) is 1. The number of sulfonamides is 1. The van der Waals surface area contributed by atoms with Crippen LogP contribution in [-0.4, -0.2) is 13.4 Å². The fraction of sp³-hybridized carbons (Fsp3) is 0.0556. The van der Waals surface area contributed by atoms with Gasteiger partial charge in [-0.05, 0) is 42.5 Å². The average Bonchev–Trinajstić information content (AvgIpc) is 2.61. The van der Waals surface area contributed by atoms with Crippen LogP contribution < -0.4 is 9.46 Å². The first-order valence-electron chi connectivity index (χ1n) is 7.44. The normalized spacial score (nSPS) is 11.1. The molecule has 0 spiro atoms. The van der Waals surface area contributed by atoms with E-state index in [-0.39, 0.29) is 4.90 Å². The van der Waals surface area contributed by atoms with Gasteiger partial charge in [-0.1, -0.05) is 34.1 Å². The van der Waals surface area contributed by atoms with Crippen molar-refractivity contribution in [3.05, 3.63) is 83.1 Å². The van der Waals surface area contributed by atoms with Crippen molar-refractivity contribution in [2.24, 2.45) is 0 Å². The van der Waals surface area contributed by atoms with Crippen molar-refractivity contribution in [1.82, 2.24) is 4.98 Å². The number of hydrogen-bond acceptors (Lipinski definition) is 4. The Morgan fingerprint density at radius 3 is 2.60 bits per heavy atom. The van der Waals surface area contributed by atoms with Gasteiger partial charge in [0.1, 0.15) is 12.4 Å². The molecule has 25 heavy (non-hydrogen) atoms. The number of benzene rings is 2. The van der Waals surface area contributed by atoms with E-state index in [1.165, 1.54) is 6.07 Å². The third-order valence-corrected chi connectivity index (χ3v) is 5.18. The molecule has 3 aromatic rings. The Morgan fingerprint density at radius 1 is 1.00 bits per heavy atom. The Morgan fingerprint density at radius 2 is 1.84 bits per heavy atom. The molecule has 0 aliphatic rings. The molecular formula is C18H15BrN2O3S. The largest absolute Gasteiger partial charge is 0.487 e. The summed E-state index contributed by atoms with van der Waals surface area (Å²) in [5, 5.41) is 0. The molecule has 0 aliphatic heterocycles. The zero-order valence-corrected chi connectivity index (χ0v) is 15.5. The predicted octanol–water partition coefficient (Wildman–Crippen LogP) is 4.22. The molecule has 1 heterocycles. The summed E-state index contributed by atoms with van der Waals surface area (Å²) in [4.78, 5) is 4.36. The number of nitrogens with zero attached hydrogens (tertiary/aromatic N) is 1. The van der Waals surface area contributed by atoms with E-state index >= 15 is 0 Å². The minimum atomic E-state index is -3.67. The number of halogens is 1. The highest BCUT2D eigenvalue weighted by Gasteiger charge is 2.14. The van der Waals surface area contributed by atoms with Crippen LogP contribution in [0.15, 0.2) is 82.3 Å². The number of pyridine rings is 1. The van der Waals surface area contributed by atoms with Gasteiger partial charge in [-0.25, -0.2) is 8.42 Å². The van der Waals surface area contributed by atoms with Crippen molar-refractivity contribution in [3.63, 3.8) is 0 Å². The maximum absolute atomic E-state index is 12.5.